The molecule has 1 aliphatic rings. The fourth-order valence-electron chi connectivity index (χ4n) is 1.72. The summed E-state index contributed by atoms with van der Waals surface area (Å²) in [6, 6.07) is 0. The lowest BCUT2D eigenvalue weighted by Crippen LogP contribution is -2.51. The van der Waals surface area contributed by atoms with Gasteiger partial charge in [0.25, 0.3) is 5.91 Å². The number of amides is 1. The van der Waals surface area contributed by atoms with Crippen LogP contribution in [-0.4, -0.2) is 24.7 Å². The summed E-state index contributed by atoms with van der Waals surface area (Å²) in [5.41, 5.74) is 2.40. The quantitative estimate of drug-likeness (QED) is 0.546. The monoisotopic (exact) mass is 195 g/mol. The normalized spacial score (nSPS) is 19.5. The summed E-state index contributed by atoms with van der Waals surface area (Å²) in [6.07, 6.45) is 4.06. The molecule has 1 rings (SSSR count). The minimum Gasteiger partial charge on any atom is -0.381 e. The van der Waals surface area contributed by atoms with Gasteiger partial charge in [0.05, 0.1) is 0 Å². The molecule has 3 nitrogen and oxygen atoms in total. The van der Waals surface area contributed by atoms with E-state index < -0.39 is 0 Å². The Morgan fingerprint density at radius 1 is 1.64 bits per heavy atom. The second kappa shape index (κ2) is 4.99. The molecule has 0 atom stereocenters. The predicted molar refractivity (Wildman–Crippen MR) is 54.9 cm³/mol. The molecule has 0 radical (unpaired) electrons. The van der Waals surface area contributed by atoms with Crippen LogP contribution in [-0.2, 0) is 9.53 Å². The third-order valence-electron chi connectivity index (χ3n) is 2.75. The molecule has 0 aromatic heterocycles. The standard InChI is InChI=1S/C11H17NO2/c1-3-5-10(13)12-11(4-2)6-8-14-9-7-11/h5H,1,4,6-9H2,2H3,(H,12,13). The summed E-state index contributed by atoms with van der Waals surface area (Å²) >= 11 is 0. The van der Waals surface area contributed by atoms with Gasteiger partial charge in [-0.15, -0.1) is 5.73 Å². The van der Waals surface area contributed by atoms with E-state index in [1.165, 1.54) is 6.08 Å². The Balaban J connectivity index is 2.59. The lowest BCUT2D eigenvalue weighted by molar-refractivity contribution is -0.119. The number of hydrogen-bond acceptors (Lipinski definition) is 2. The lowest BCUT2D eigenvalue weighted by atomic mass is 9.87. The van der Waals surface area contributed by atoms with Crippen molar-refractivity contribution in [2.24, 2.45) is 0 Å². The maximum absolute atomic E-state index is 11.4. The number of rotatable bonds is 3. The zero-order chi connectivity index (χ0) is 10.4. The number of carbonyl (C=O) groups is 1. The van der Waals surface area contributed by atoms with Crippen LogP contribution < -0.4 is 5.32 Å². The third-order valence-corrected chi connectivity index (χ3v) is 2.75. The molecular formula is C11H17NO2. The zero-order valence-corrected chi connectivity index (χ0v) is 8.64. The zero-order valence-electron chi connectivity index (χ0n) is 8.64. The van der Waals surface area contributed by atoms with Gasteiger partial charge in [0.2, 0.25) is 0 Å². The van der Waals surface area contributed by atoms with Crippen molar-refractivity contribution in [3.05, 3.63) is 18.4 Å². The number of hydrogen-bond donors (Lipinski definition) is 1. The van der Waals surface area contributed by atoms with Gasteiger partial charge in [-0.1, -0.05) is 13.5 Å². The molecule has 1 aliphatic heterocycles. The van der Waals surface area contributed by atoms with E-state index in [0.717, 1.165) is 32.5 Å². The largest absolute Gasteiger partial charge is 0.381 e. The second-order valence-corrected chi connectivity index (χ2v) is 3.58. The van der Waals surface area contributed by atoms with Crippen LogP contribution in [0.4, 0.5) is 0 Å². The predicted octanol–water partition coefficient (Wildman–Crippen LogP) is 1.40. The molecule has 14 heavy (non-hydrogen) atoms. The van der Waals surface area contributed by atoms with Gasteiger partial charge in [0.15, 0.2) is 0 Å². The Morgan fingerprint density at radius 3 is 2.79 bits per heavy atom. The van der Waals surface area contributed by atoms with Gasteiger partial charge in [0, 0.05) is 24.8 Å². The van der Waals surface area contributed by atoms with Crippen LogP contribution in [0.1, 0.15) is 26.2 Å². The van der Waals surface area contributed by atoms with E-state index in [2.05, 4.69) is 24.6 Å². The molecule has 1 heterocycles. The highest BCUT2D eigenvalue weighted by atomic mass is 16.5. The van der Waals surface area contributed by atoms with Crippen LogP contribution in [0.3, 0.4) is 0 Å². The van der Waals surface area contributed by atoms with E-state index in [0.29, 0.717) is 0 Å². The van der Waals surface area contributed by atoms with Gasteiger partial charge in [-0.3, -0.25) is 4.79 Å². The summed E-state index contributed by atoms with van der Waals surface area (Å²) in [6.45, 7) is 6.92. The summed E-state index contributed by atoms with van der Waals surface area (Å²) in [4.78, 5) is 11.4. The van der Waals surface area contributed by atoms with Crippen LogP contribution in [0.5, 0.6) is 0 Å². The summed E-state index contributed by atoms with van der Waals surface area (Å²) in [7, 11) is 0. The van der Waals surface area contributed by atoms with Crippen LogP contribution in [0.25, 0.3) is 0 Å². The smallest absolute Gasteiger partial charge is 0.252 e. The molecule has 0 saturated carbocycles. The van der Waals surface area contributed by atoms with Gasteiger partial charge >= 0.3 is 0 Å². The highest BCUT2D eigenvalue weighted by molar-refractivity contribution is 5.87. The minimum atomic E-state index is -0.108. The average Bonchev–Trinajstić information content (AvgIpc) is 2.19. The molecule has 0 spiro atoms. The van der Waals surface area contributed by atoms with Crippen LogP contribution in [0, 0.1) is 0 Å². The van der Waals surface area contributed by atoms with Gasteiger partial charge in [-0.05, 0) is 19.3 Å². The number of nitrogens with one attached hydrogen (secondary N) is 1. The first kappa shape index (κ1) is 11.0. The highest BCUT2D eigenvalue weighted by Crippen LogP contribution is 2.23. The summed E-state index contributed by atoms with van der Waals surface area (Å²) in [5.74, 6) is -0.108. The molecule has 78 valence electrons. The Kier molecular flexibility index (Phi) is 3.93. The van der Waals surface area contributed by atoms with E-state index in [1.54, 1.807) is 0 Å². The third kappa shape index (κ3) is 2.72. The summed E-state index contributed by atoms with van der Waals surface area (Å²) < 4.78 is 5.28. The molecular weight excluding hydrogens is 178 g/mol. The molecule has 3 heteroatoms. The average molecular weight is 195 g/mol. The first-order valence-electron chi connectivity index (χ1n) is 4.98. The van der Waals surface area contributed by atoms with Crippen molar-refractivity contribution in [2.75, 3.05) is 13.2 Å². The fraction of sp³-hybridized carbons (Fsp3) is 0.636. The SMILES string of the molecule is C=C=CC(=O)NC1(CC)CCOCC1. The van der Waals surface area contributed by atoms with Crippen LogP contribution in [0.2, 0.25) is 0 Å². The Bertz CT molecular complexity index is 248. The molecule has 1 fully saturated rings. The minimum absolute atomic E-state index is 0.0807. The van der Waals surface area contributed by atoms with Gasteiger partial charge < -0.3 is 10.1 Å². The Labute approximate surface area is 84.8 Å². The Hall–Kier alpha value is -1.05. The van der Waals surface area contributed by atoms with Crippen molar-refractivity contribution in [3.8, 4) is 0 Å². The molecule has 0 aliphatic carbocycles. The first-order valence-corrected chi connectivity index (χ1v) is 4.98. The fourth-order valence-corrected chi connectivity index (χ4v) is 1.72. The van der Waals surface area contributed by atoms with Crippen LogP contribution >= 0.6 is 0 Å². The first-order chi connectivity index (χ1) is 6.72. The van der Waals surface area contributed by atoms with Gasteiger partial charge in [-0.2, -0.15) is 0 Å². The van der Waals surface area contributed by atoms with E-state index >= 15 is 0 Å². The van der Waals surface area contributed by atoms with E-state index in [-0.39, 0.29) is 11.4 Å². The van der Waals surface area contributed by atoms with Crippen molar-refractivity contribution in [2.45, 2.75) is 31.7 Å². The van der Waals surface area contributed by atoms with Crippen LogP contribution in [0.15, 0.2) is 18.4 Å². The summed E-state index contributed by atoms with van der Waals surface area (Å²) in [5, 5.41) is 3.01. The molecule has 0 unspecified atom stereocenters. The second-order valence-electron chi connectivity index (χ2n) is 3.58. The lowest BCUT2D eigenvalue weighted by Gasteiger charge is -2.36. The van der Waals surface area contributed by atoms with E-state index in [4.69, 9.17) is 4.74 Å². The highest BCUT2D eigenvalue weighted by Gasteiger charge is 2.31. The molecule has 0 aromatic rings. The van der Waals surface area contributed by atoms with Crippen molar-refractivity contribution in [3.63, 3.8) is 0 Å². The van der Waals surface area contributed by atoms with Crippen molar-refractivity contribution < 1.29 is 9.53 Å². The van der Waals surface area contributed by atoms with Gasteiger partial charge in [0.1, 0.15) is 0 Å². The van der Waals surface area contributed by atoms with E-state index in [9.17, 15) is 4.79 Å². The molecule has 1 N–H and O–H groups in total. The number of carbonyl (C=O) groups excluding carboxylic acids is 1. The molecule has 1 amide bonds. The van der Waals surface area contributed by atoms with Crippen molar-refractivity contribution in [1.29, 1.82) is 0 Å². The topological polar surface area (TPSA) is 38.3 Å². The van der Waals surface area contributed by atoms with Crippen molar-refractivity contribution in [1.82, 2.24) is 5.32 Å². The maximum atomic E-state index is 11.4. The molecule has 1 saturated heterocycles. The van der Waals surface area contributed by atoms with Gasteiger partial charge in [-0.25, -0.2) is 0 Å². The van der Waals surface area contributed by atoms with Crippen molar-refractivity contribution >= 4 is 5.91 Å². The molecule has 0 aromatic carbocycles. The number of ether oxygens (including phenoxy) is 1. The van der Waals surface area contributed by atoms with E-state index in [1.807, 2.05) is 0 Å². The Morgan fingerprint density at radius 2 is 2.29 bits per heavy atom. The molecule has 0 bridgehead atoms. The maximum Gasteiger partial charge on any atom is 0.252 e.